The fourth-order valence-corrected chi connectivity index (χ4v) is 2.55. The van der Waals surface area contributed by atoms with E-state index in [2.05, 4.69) is 6.58 Å². The number of hydrogen-bond acceptors (Lipinski definition) is 3. The van der Waals surface area contributed by atoms with Crippen molar-refractivity contribution in [2.24, 2.45) is 0 Å². The number of amides is 1. The summed E-state index contributed by atoms with van der Waals surface area (Å²) in [5.74, 6) is -0.480. The highest BCUT2D eigenvalue weighted by Gasteiger charge is 2.35. The smallest absolute Gasteiger partial charge is 0.330 e. The molecule has 0 bridgehead atoms. The van der Waals surface area contributed by atoms with Crippen LogP contribution in [0.2, 0.25) is 0 Å². The van der Waals surface area contributed by atoms with Gasteiger partial charge >= 0.3 is 5.97 Å². The van der Waals surface area contributed by atoms with E-state index < -0.39 is 5.97 Å². The predicted octanol–water partition coefficient (Wildman–Crippen LogP) is 2.55. The van der Waals surface area contributed by atoms with E-state index in [-0.39, 0.29) is 11.9 Å². The minimum atomic E-state index is -0.422. The molecule has 0 aromatic heterocycles. The van der Waals surface area contributed by atoms with Gasteiger partial charge in [0, 0.05) is 18.6 Å². The molecule has 1 amide bonds. The summed E-state index contributed by atoms with van der Waals surface area (Å²) in [4.78, 5) is 25.2. The molecule has 0 spiro atoms. The van der Waals surface area contributed by atoms with Crippen molar-refractivity contribution >= 4 is 23.1 Å². The van der Waals surface area contributed by atoms with Crippen LogP contribution in [0.1, 0.15) is 18.9 Å². The highest BCUT2D eigenvalue weighted by Crippen LogP contribution is 2.41. The van der Waals surface area contributed by atoms with Crippen LogP contribution in [0, 0.1) is 0 Å². The van der Waals surface area contributed by atoms with Crippen molar-refractivity contribution in [2.75, 3.05) is 12.0 Å². The first kappa shape index (κ1) is 14.1. The molecule has 0 saturated carbocycles. The Bertz CT molecular complexity index is 589. The number of rotatable bonds is 3. The van der Waals surface area contributed by atoms with Gasteiger partial charge in [0.25, 0.3) is 0 Å². The first-order valence-electron chi connectivity index (χ1n) is 6.39. The molecule has 1 aromatic carbocycles. The molecular formula is C16H17NO3. The quantitative estimate of drug-likeness (QED) is 0.482. The molecule has 4 heteroatoms. The molecule has 104 valence electrons. The minimum Gasteiger partial charge on any atom is -0.466 e. The third-order valence-corrected chi connectivity index (χ3v) is 3.35. The maximum Gasteiger partial charge on any atom is 0.330 e. The first-order chi connectivity index (χ1) is 9.60. The van der Waals surface area contributed by atoms with Crippen LogP contribution >= 0.6 is 0 Å². The molecule has 0 N–H and O–H groups in total. The van der Waals surface area contributed by atoms with E-state index in [4.69, 9.17) is 4.74 Å². The van der Waals surface area contributed by atoms with Crippen LogP contribution in [0.5, 0.6) is 0 Å². The van der Waals surface area contributed by atoms with Crippen molar-refractivity contribution in [3.05, 3.63) is 48.6 Å². The lowest BCUT2D eigenvalue weighted by Crippen LogP contribution is -2.35. The summed E-state index contributed by atoms with van der Waals surface area (Å²) in [5.41, 5.74) is 2.50. The number of nitrogens with zero attached hydrogens (tertiary/aromatic N) is 1. The van der Waals surface area contributed by atoms with Gasteiger partial charge in [0.15, 0.2) is 0 Å². The van der Waals surface area contributed by atoms with Crippen molar-refractivity contribution < 1.29 is 14.3 Å². The van der Waals surface area contributed by atoms with Gasteiger partial charge in [-0.1, -0.05) is 24.3 Å². The van der Waals surface area contributed by atoms with Gasteiger partial charge in [0.2, 0.25) is 5.91 Å². The zero-order valence-electron chi connectivity index (χ0n) is 11.6. The van der Waals surface area contributed by atoms with Gasteiger partial charge in [-0.05, 0) is 18.1 Å². The summed E-state index contributed by atoms with van der Waals surface area (Å²) >= 11 is 0. The molecule has 1 aliphatic rings. The number of hydrogen-bond donors (Lipinski definition) is 0. The van der Waals surface area contributed by atoms with Gasteiger partial charge in [-0.3, -0.25) is 4.79 Å². The molecule has 20 heavy (non-hydrogen) atoms. The number of benzene rings is 1. The molecule has 1 aliphatic heterocycles. The van der Waals surface area contributed by atoms with Crippen LogP contribution < -0.4 is 4.90 Å². The largest absolute Gasteiger partial charge is 0.466 e. The number of anilines is 1. The molecule has 4 nitrogen and oxygen atoms in total. The fraction of sp³-hybridized carbons (Fsp3) is 0.250. The second-order valence-electron chi connectivity index (χ2n) is 4.57. The molecule has 0 fully saturated rings. The first-order valence-corrected chi connectivity index (χ1v) is 6.39. The van der Waals surface area contributed by atoms with E-state index in [1.165, 1.54) is 20.1 Å². The summed E-state index contributed by atoms with van der Waals surface area (Å²) < 4.78 is 4.70. The summed E-state index contributed by atoms with van der Waals surface area (Å²) in [7, 11) is 1.34. The Kier molecular flexibility index (Phi) is 4.03. The zero-order chi connectivity index (χ0) is 14.7. The number of esters is 1. The molecule has 0 aliphatic carbocycles. The van der Waals surface area contributed by atoms with Crippen LogP contribution in [-0.4, -0.2) is 25.0 Å². The molecule has 1 atom stereocenters. The summed E-state index contributed by atoms with van der Waals surface area (Å²) in [5, 5.41) is 0. The van der Waals surface area contributed by atoms with Gasteiger partial charge in [0.1, 0.15) is 0 Å². The molecule has 2 rings (SSSR count). The van der Waals surface area contributed by atoms with E-state index in [0.717, 1.165) is 16.8 Å². The van der Waals surface area contributed by atoms with Crippen molar-refractivity contribution in [2.45, 2.75) is 19.4 Å². The maximum absolute atomic E-state index is 11.9. The number of para-hydroxylation sites is 1. The third kappa shape index (κ3) is 2.37. The van der Waals surface area contributed by atoms with Gasteiger partial charge in [-0.15, -0.1) is 6.58 Å². The molecule has 0 radical (unpaired) electrons. The Morgan fingerprint density at radius 3 is 2.70 bits per heavy atom. The second-order valence-corrected chi connectivity index (χ2v) is 4.57. The van der Waals surface area contributed by atoms with Crippen LogP contribution in [0.25, 0.3) is 5.57 Å². The normalized spacial score (nSPS) is 18.8. The number of carbonyl (C=O) groups excluding carboxylic acids is 2. The number of fused-ring (bicyclic) bond motifs is 1. The van der Waals surface area contributed by atoms with Crippen LogP contribution in [0.4, 0.5) is 5.69 Å². The van der Waals surface area contributed by atoms with Crippen LogP contribution in [0.15, 0.2) is 43.0 Å². The molecule has 1 unspecified atom stereocenters. The Labute approximate surface area is 118 Å². The lowest BCUT2D eigenvalue weighted by atomic mass is 9.99. The fourth-order valence-electron chi connectivity index (χ4n) is 2.55. The highest BCUT2D eigenvalue weighted by molar-refractivity contribution is 6.06. The van der Waals surface area contributed by atoms with E-state index in [9.17, 15) is 9.59 Å². The molecule has 0 saturated heterocycles. The Hall–Kier alpha value is -2.36. The molecule has 1 heterocycles. The SMILES string of the molecule is C=CCC1/C(=C\C(=O)OC)c2ccccc2N1C(C)=O. The van der Waals surface area contributed by atoms with Crippen LogP contribution in [-0.2, 0) is 14.3 Å². The standard InChI is InChI=1S/C16H17NO3/c1-4-7-14-13(10-16(19)20-3)12-8-5-6-9-15(12)17(14)11(2)18/h4-6,8-10,14H,1,7H2,2-3H3/b13-10-. The predicted molar refractivity (Wildman–Crippen MR) is 78.2 cm³/mol. The van der Waals surface area contributed by atoms with Crippen molar-refractivity contribution in [1.29, 1.82) is 0 Å². The van der Waals surface area contributed by atoms with Crippen molar-refractivity contribution in [3.8, 4) is 0 Å². The van der Waals surface area contributed by atoms with Gasteiger partial charge in [-0.25, -0.2) is 4.79 Å². The number of methoxy groups -OCH3 is 1. The molecular weight excluding hydrogens is 254 g/mol. The summed E-state index contributed by atoms with van der Waals surface area (Å²) in [6.07, 6.45) is 3.78. The maximum atomic E-state index is 11.9. The van der Waals surface area contributed by atoms with Crippen LogP contribution in [0.3, 0.4) is 0 Å². The van der Waals surface area contributed by atoms with Gasteiger partial charge in [-0.2, -0.15) is 0 Å². The van der Waals surface area contributed by atoms with E-state index in [1.54, 1.807) is 11.0 Å². The van der Waals surface area contributed by atoms with Gasteiger partial charge < -0.3 is 9.64 Å². The minimum absolute atomic E-state index is 0.0578. The lowest BCUT2D eigenvalue weighted by molar-refractivity contribution is -0.134. The average Bonchev–Trinajstić information content (AvgIpc) is 2.73. The van der Waals surface area contributed by atoms with Crippen molar-refractivity contribution in [3.63, 3.8) is 0 Å². The topological polar surface area (TPSA) is 46.6 Å². The highest BCUT2D eigenvalue weighted by atomic mass is 16.5. The molecule has 1 aromatic rings. The summed E-state index contributed by atoms with van der Waals surface area (Å²) in [6.45, 7) is 5.25. The lowest BCUT2D eigenvalue weighted by Gasteiger charge is -2.23. The average molecular weight is 271 g/mol. The Morgan fingerprint density at radius 1 is 1.40 bits per heavy atom. The zero-order valence-corrected chi connectivity index (χ0v) is 11.6. The van der Waals surface area contributed by atoms with Gasteiger partial charge in [0.05, 0.1) is 18.8 Å². The Morgan fingerprint density at radius 2 is 2.10 bits per heavy atom. The number of carbonyl (C=O) groups is 2. The summed E-state index contributed by atoms with van der Waals surface area (Å²) in [6, 6.07) is 7.34. The van der Waals surface area contributed by atoms with Crippen molar-refractivity contribution in [1.82, 2.24) is 0 Å². The second kappa shape index (κ2) is 5.74. The third-order valence-electron chi connectivity index (χ3n) is 3.35. The number of ether oxygens (including phenoxy) is 1. The van der Waals surface area contributed by atoms with E-state index in [0.29, 0.717) is 6.42 Å². The van der Waals surface area contributed by atoms with E-state index >= 15 is 0 Å². The van der Waals surface area contributed by atoms with E-state index in [1.807, 2.05) is 24.3 Å². The monoisotopic (exact) mass is 271 g/mol. The Balaban J connectivity index is 2.59.